The first-order valence-corrected chi connectivity index (χ1v) is 8.13. The SMILES string of the molecule is O=C(c1cccc(C(F)(F)F)c1)N1CC(c2nc(-c3ccccn3)no2)C1. The molecule has 0 atom stereocenters. The Kier molecular flexibility index (Phi) is 4.14. The van der Waals surface area contributed by atoms with Crippen molar-refractivity contribution in [3.8, 4) is 11.5 Å². The Morgan fingerprint density at radius 1 is 1.15 bits per heavy atom. The van der Waals surface area contributed by atoms with E-state index < -0.39 is 17.6 Å². The summed E-state index contributed by atoms with van der Waals surface area (Å²) in [7, 11) is 0. The molecule has 0 aliphatic carbocycles. The maximum absolute atomic E-state index is 12.8. The normalized spacial score (nSPS) is 14.9. The van der Waals surface area contributed by atoms with Crippen molar-refractivity contribution in [1.29, 1.82) is 0 Å². The van der Waals surface area contributed by atoms with Crippen molar-refractivity contribution < 1.29 is 22.5 Å². The summed E-state index contributed by atoms with van der Waals surface area (Å²) in [5.41, 5.74) is -0.269. The van der Waals surface area contributed by atoms with Gasteiger partial charge in [0.1, 0.15) is 5.69 Å². The van der Waals surface area contributed by atoms with Gasteiger partial charge in [-0.2, -0.15) is 18.2 Å². The van der Waals surface area contributed by atoms with Gasteiger partial charge in [0.2, 0.25) is 11.7 Å². The third kappa shape index (κ3) is 3.40. The Hall–Kier alpha value is -3.23. The highest BCUT2D eigenvalue weighted by Gasteiger charge is 2.37. The number of benzene rings is 1. The van der Waals surface area contributed by atoms with Gasteiger partial charge in [-0.1, -0.05) is 17.3 Å². The number of likely N-dealkylation sites (tertiary alicyclic amines) is 1. The standard InChI is InChI=1S/C18H13F3N4O2/c19-18(20,21)13-5-3-4-11(8-13)17(26)25-9-12(10-25)16-23-15(24-27-16)14-6-1-2-7-22-14/h1-8,12H,9-10H2. The zero-order valence-corrected chi connectivity index (χ0v) is 13.8. The maximum Gasteiger partial charge on any atom is 0.416 e. The van der Waals surface area contributed by atoms with Crippen LogP contribution in [-0.2, 0) is 6.18 Å². The molecule has 3 aromatic rings. The number of aromatic nitrogens is 3. The molecule has 0 radical (unpaired) electrons. The smallest absolute Gasteiger partial charge is 0.338 e. The highest BCUT2D eigenvalue weighted by atomic mass is 19.4. The molecular weight excluding hydrogens is 361 g/mol. The molecule has 0 spiro atoms. The molecule has 2 aromatic heterocycles. The molecule has 1 aromatic carbocycles. The molecule has 1 aliphatic rings. The molecule has 9 heteroatoms. The quantitative estimate of drug-likeness (QED) is 0.703. The van der Waals surface area contributed by atoms with Gasteiger partial charge in [-0.15, -0.1) is 0 Å². The Labute approximate surface area is 151 Å². The molecule has 1 saturated heterocycles. The average Bonchev–Trinajstić information content (AvgIpc) is 3.10. The van der Waals surface area contributed by atoms with E-state index in [-0.39, 0.29) is 11.5 Å². The summed E-state index contributed by atoms with van der Waals surface area (Å²) in [6.45, 7) is 0.609. The van der Waals surface area contributed by atoms with Gasteiger partial charge >= 0.3 is 6.18 Å². The first-order valence-electron chi connectivity index (χ1n) is 8.13. The number of carbonyl (C=O) groups excluding carboxylic acids is 1. The molecule has 6 nitrogen and oxygen atoms in total. The number of alkyl halides is 3. The third-order valence-electron chi connectivity index (χ3n) is 4.29. The second kappa shape index (κ2) is 6.49. The van der Waals surface area contributed by atoms with Gasteiger partial charge in [0, 0.05) is 24.8 Å². The van der Waals surface area contributed by atoms with E-state index in [1.165, 1.54) is 17.0 Å². The zero-order chi connectivity index (χ0) is 19.0. The Morgan fingerprint density at radius 2 is 1.96 bits per heavy atom. The molecule has 1 amide bonds. The minimum atomic E-state index is -4.49. The van der Waals surface area contributed by atoms with Crippen LogP contribution in [0.2, 0.25) is 0 Å². The fourth-order valence-electron chi connectivity index (χ4n) is 2.81. The second-order valence-corrected chi connectivity index (χ2v) is 6.16. The zero-order valence-electron chi connectivity index (χ0n) is 13.8. The lowest BCUT2D eigenvalue weighted by molar-refractivity contribution is -0.137. The molecule has 0 unspecified atom stereocenters. The number of nitrogens with zero attached hydrogens (tertiary/aromatic N) is 4. The van der Waals surface area contributed by atoms with Crippen molar-refractivity contribution in [2.24, 2.45) is 0 Å². The molecule has 0 N–H and O–H groups in total. The van der Waals surface area contributed by atoms with Gasteiger partial charge in [-0.25, -0.2) is 0 Å². The van der Waals surface area contributed by atoms with Crippen molar-refractivity contribution >= 4 is 5.91 Å². The summed E-state index contributed by atoms with van der Waals surface area (Å²) in [4.78, 5) is 22.3. The summed E-state index contributed by atoms with van der Waals surface area (Å²) >= 11 is 0. The lowest BCUT2D eigenvalue weighted by Gasteiger charge is -2.37. The van der Waals surface area contributed by atoms with Crippen molar-refractivity contribution in [3.05, 3.63) is 65.7 Å². The third-order valence-corrected chi connectivity index (χ3v) is 4.29. The Morgan fingerprint density at radius 3 is 2.67 bits per heavy atom. The van der Waals surface area contributed by atoms with Crippen LogP contribution in [0.3, 0.4) is 0 Å². The number of rotatable bonds is 3. The average molecular weight is 374 g/mol. The van der Waals surface area contributed by atoms with E-state index in [9.17, 15) is 18.0 Å². The van der Waals surface area contributed by atoms with Crippen LogP contribution in [0.1, 0.15) is 27.7 Å². The molecule has 27 heavy (non-hydrogen) atoms. The monoisotopic (exact) mass is 374 g/mol. The van der Waals surface area contributed by atoms with Crippen molar-refractivity contribution in [2.75, 3.05) is 13.1 Å². The topological polar surface area (TPSA) is 72.1 Å². The summed E-state index contributed by atoms with van der Waals surface area (Å²) in [6.07, 6.45) is -2.87. The number of carbonyl (C=O) groups is 1. The number of hydrogen-bond donors (Lipinski definition) is 0. The molecule has 0 saturated carbocycles. The van der Waals surface area contributed by atoms with Crippen LogP contribution in [0, 0.1) is 0 Å². The van der Waals surface area contributed by atoms with Crippen molar-refractivity contribution in [1.82, 2.24) is 20.0 Å². The number of halogens is 3. The highest BCUT2D eigenvalue weighted by molar-refractivity contribution is 5.95. The number of pyridine rings is 1. The summed E-state index contributed by atoms with van der Waals surface area (Å²) in [5, 5.41) is 3.88. The largest absolute Gasteiger partial charge is 0.416 e. The van der Waals surface area contributed by atoms with Gasteiger partial charge in [-0.3, -0.25) is 9.78 Å². The van der Waals surface area contributed by atoms with Crippen LogP contribution >= 0.6 is 0 Å². The van der Waals surface area contributed by atoms with Crippen molar-refractivity contribution in [3.63, 3.8) is 0 Å². The molecule has 1 fully saturated rings. The van der Waals surface area contributed by atoms with Crippen LogP contribution < -0.4 is 0 Å². The van der Waals surface area contributed by atoms with E-state index in [4.69, 9.17) is 4.52 Å². The van der Waals surface area contributed by atoms with Gasteiger partial charge < -0.3 is 9.42 Å². The van der Waals surface area contributed by atoms with Crippen LogP contribution in [-0.4, -0.2) is 39.0 Å². The fourth-order valence-corrected chi connectivity index (χ4v) is 2.81. The van der Waals surface area contributed by atoms with Crippen LogP contribution in [0.4, 0.5) is 13.2 Å². The van der Waals surface area contributed by atoms with Gasteiger partial charge in [-0.05, 0) is 30.3 Å². The molecule has 138 valence electrons. The van der Waals surface area contributed by atoms with Gasteiger partial charge in [0.15, 0.2) is 0 Å². The number of hydrogen-bond acceptors (Lipinski definition) is 5. The van der Waals surface area contributed by atoms with Crippen LogP contribution in [0.25, 0.3) is 11.5 Å². The number of amides is 1. The molecule has 4 rings (SSSR count). The first-order chi connectivity index (χ1) is 12.9. The predicted molar refractivity (Wildman–Crippen MR) is 87.6 cm³/mol. The Bertz CT molecular complexity index is 966. The van der Waals surface area contributed by atoms with Gasteiger partial charge in [0.25, 0.3) is 5.91 Å². The van der Waals surface area contributed by atoms with E-state index in [1.54, 1.807) is 24.4 Å². The van der Waals surface area contributed by atoms with E-state index >= 15 is 0 Å². The summed E-state index contributed by atoms with van der Waals surface area (Å²) in [5.74, 6) is 0.128. The van der Waals surface area contributed by atoms with E-state index in [0.29, 0.717) is 30.5 Å². The lowest BCUT2D eigenvalue weighted by atomic mass is 9.98. The van der Waals surface area contributed by atoms with E-state index in [2.05, 4.69) is 15.1 Å². The predicted octanol–water partition coefficient (Wildman–Crippen LogP) is 3.39. The molecule has 1 aliphatic heterocycles. The summed E-state index contributed by atoms with van der Waals surface area (Å²) in [6, 6.07) is 9.72. The Balaban J connectivity index is 1.43. The molecule has 3 heterocycles. The minimum absolute atomic E-state index is 0.00276. The molecule has 0 bridgehead atoms. The van der Waals surface area contributed by atoms with E-state index in [0.717, 1.165) is 12.1 Å². The molecular formula is C18H13F3N4O2. The highest BCUT2D eigenvalue weighted by Crippen LogP contribution is 2.32. The van der Waals surface area contributed by atoms with Gasteiger partial charge in [0.05, 0.1) is 11.5 Å². The van der Waals surface area contributed by atoms with E-state index in [1.807, 2.05) is 0 Å². The summed E-state index contributed by atoms with van der Waals surface area (Å²) < 4.78 is 43.6. The van der Waals surface area contributed by atoms with Crippen LogP contribution in [0.5, 0.6) is 0 Å². The maximum atomic E-state index is 12.8. The second-order valence-electron chi connectivity index (χ2n) is 6.16. The fraction of sp³-hybridized carbons (Fsp3) is 0.222. The van der Waals surface area contributed by atoms with Crippen molar-refractivity contribution in [2.45, 2.75) is 12.1 Å². The lowest BCUT2D eigenvalue weighted by Crippen LogP contribution is -2.48. The van der Waals surface area contributed by atoms with Crippen LogP contribution in [0.15, 0.2) is 53.2 Å². The minimum Gasteiger partial charge on any atom is -0.338 e. The first kappa shape index (κ1) is 17.2.